The van der Waals surface area contributed by atoms with Gasteiger partial charge in [-0.15, -0.1) is 0 Å². The predicted molar refractivity (Wildman–Crippen MR) is 106 cm³/mol. The van der Waals surface area contributed by atoms with Crippen molar-refractivity contribution in [2.75, 3.05) is 38.0 Å². The molecule has 0 saturated carbocycles. The number of benzene rings is 1. The SMILES string of the molecule is CCN1CCN(C(C(=O)O)c2c[nH]c3cc(NC(=O)C(C)C)ccc23)CC1. The van der Waals surface area contributed by atoms with Gasteiger partial charge in [-0.1, -0.05) is 26.8 Å². The van der Waals surface area contributed by atoms with Crippen LogP contribution in [0.3, 0.4) is 0 Å². The Labute approximate surface area is 159 Å². The van der Waals surface area contributed by atoms with Gasteiger partial charge in [0, 0.05) is 60.4 Å². The molecule has 7 nitrogen and oxygen atoms in total. The summed E-state index contributed by atoms with van der Waals surface area (Å²) in [5, 5.41) is 13.6. The van der Waals surface area contributed by atoms with Crippen LogP contribution in [0.25, 0.3) is 10.9 Å². The van der Waals surface area contributed by atoms with Crippen LogP contribution in [0.2, 0.25) is 0 Å². The molecule has 3 rings (SSSR count). The second-order valence-corrected chi connectivity index (χ2v) is 7.36. The molecule has 1 aromatic carbocycles. The smallest absolute Gasteiger partial charge is 0.325 e. The number of aromatic nitrogens is 1. The highest BCUT2D eigenvalue weighted by Gasteiger charge is 2.31. The van der Waals surface area contributed by atoms with Crippen LogP contribution in [0.5, 0.6) is 0 Å². The Morgan fingerprint density at radius 3 is 2.52 bits per heavy atom. The van der Waals surface area contributed by atoms with Crippen LogP contribution in [-0.4, -0.2) is 64.5 Å². The summed E-state index contributed by atoms with van der Waals surface area (Å²) in [7, 11) is 0. The first-order valence-electron chi connectivity index (χ1n) is 9.51. The molecular weight excluding hydrogens is 344 g/mol. The zero-order valence-corrected chi connectivity index (χ0v) is 16.2. The zero-order chi connectivity index (χ0) is 19.6. The number of aliphatic carboxylic acids is 1. The van der Waals surface area contributed by atoms with Crippen molar-refractivity contribution in [3.05, 3.63) is 30.0 Å². The number of nitrogens with one attached hydrogen (secondary N) is 2. The van der Waals surface area contributed by atoms with Crippen molar-refractivity contribution in [1.29, 1.82) is 0 Å². The van der Waals surface area contributed by atoms with Crippen LogP contribution >= 0.6 is 0 Å². The summed E-state index contributed by atoms with van der Waals surface area (Å²) in [6.45, 7) is 10.0. The van der Waals surface area contributed by atoms with Gasteiger partial charge >= 0.3 is 5.97 Å². The van der Waals surface area contributed by atoms with Gasteiger partial charge in [-0.2, -0.15) is 0 Å². The molecule has 3 N–H and O–H groups in total. The minimum atomic E-state index is -0.835. The van der Waals surface area contributed by atoms with Gasteiger partial charge in [-0.3, -0.25) is 14.5 Å². The van der Waals surface area contributed by atoms with Gasteiger partial charge in [0.15, 0.2) is 0 Å². The van der Waals surface area contributed by atoms with Crippen molar-refractivity contribution in [3.63, 3.8) is 0 Å². The number of piperazine rings is 1. The molecular formula is C20H28N4O3. The predicted octanol–water partition coefficient (Wildman–Crippen LogP) is 2.53. The van der Waals surface area contributed by atoms with Gasteiger partial charge in [0.2, 0.25) is 5.91 Å². The molecule has 1 saturated heterocycles. The van der Waals surface area contributed by atoms with Gasteiger partial charge in [-0.05, 0) is 18.7 Å². The Morgan fingerprint density at radius 1 is 1.22 bits per heavy atom. The number of hydrogen-bond acceptors (Lipinski definition) is 4. The van der Waals surface area contributed by atoms with E-state index in [0.717, 1.165) is 49.2 Å². The first-order valence-corrected chi connectivity index (χ1v) is 9.51. The maximum absolute atomic E-state index is 12.1. The Hall–Kier alpha value is -2.38. The average molecular weight is 372 g/mol. The minimum Gasteiger partial charge on any atom is -0.480 e. The number of nitrogens with zero attached hydrogens (tertiary/aromatic N) is 2. The van der Waals surface area contributed by atoms with Gasteiger partial charge < -0.3 is 20.3 Å². The van der Waals surface area contributed by atoms with Gasteiger partial charge in [0.25, 0.3) is 0 Å². The molecule has 1 aliphatic heterocycles. The number of carbonyl (C=O) groups excluding carboxylic acids is 1. The van der Waals surface area contributed by atoms with Crippen LogP contribution in [0.4, 0.5) is 5.69 Å². The molecule has 1 aromatic heterocycles. The van der Waals surface area contributed by atoms with Crippen LogP contribution in [0.15, 0.2) is 24.4 Å². The molecule has 1 amide bonds. The summed E-state index contributed by atoms with van der Waals surface area (Å²) in [6, 6.07) is 4.89. The molecule has 146 valence electrons. The number of rotatable bonds is 6. The molecule has 0 aliphatic carbocycles. The highest BCUT2D eigenvalue weighted by atomic mass is 16.4. The summed E-state index contributed by atoms with van der Waals surface area (Å²) < 4.78 is 0. The molecule has 2 aromatic rings. The molecule has 1 unspecified atom stereocenters. The van der Waals surface area contributed by atoms with E-state index >= 15 is 0 Å². The van der Waals surface area contributed by atoms with E-state index in [9.17, 15) is 14.7 Å². The maximum atomic E-state index is 12.1. The number of amides is 1. The quantitative estimate of drug-likeness (QED) is 0.725. The molecule has 0 bridgehead atoms. The molecule has 2 heterocycles. The van der Waals surface area contributed by atoms with Crippen molar-refractivity contribution in [2.45, 2.75) is 26.8 Å². The summed E-state index contributed by atoms with van der Waals surface area (Å²) in [5.74, 6) is -0.977. The normalized spacial score (nSPS) is 17.3. The summed E-state index contributed by atoms with van der Waals surface area (Å²) in [6.07, 6.45) is 1.78. The molecule has 1 atom stereocenters. The molecule has 27 heavy (non-hydrogen) atoms. The molecule has 1 fully saturated rings. The van der Waals surface area contributed by atoms with Crippen molar-refractivity contribution in [2.24, 2.45) is 5.92 Å². The van der Waals surface area contributed by atoms with E-state index in [4.69, 9.17) is 0 Å². The maximum Gasteiger partial charge on any atom is 0.325 e. The Bertz CT molecular complexity index is 822. The third-order valence-corrected chi connectivity index (χ3v) is 5.25. The number of hydrogen-bond donors (Lipinski definition) is 3. The average Bonchev–Trinajstić information content (AvgIpc) is 3.05. The molecule has 0 radical (unpaired) electrons. The van der Waals surface area contributed by atoms with E-state index in [1.54, 1.807) is 6.20 Å². The van der Waals surface area contributed by atoms with Crippen molar-refractivity contribution >= 4 is 28.5 Å². The highest BCUT2D eigenvalue weighted by Crippen LogP contribution is 2.31. The number of aromatic amines is 1. The monoisotopic (exact) mass is 372 g/mol. The number of anilines is 1. The highest BCUT2D eigenvalue weighted by molar-refractivity contribution is 5.96. The van der Waals surface area contributed by atoms with Crippen LogP contribution in [0.1, 0.15) is 32.4 Å². The summed E-state index contributed by atoms with van der Waals surface area (Å²) >= 11 is 0. The molecule has 0 spiro atoms. The van der Waals surface area contributed by atoms with Crippen LogP contribution in [0, 0.1) is 5.92 Å². The fourth-order valence-electron chi connectivity index (χ4n) is 3.56. The Kier molecular flexibility index (Phi) is 5.82. The van der Waals surface area contributed by atoms with Gasteiger partial charge in [0.05, 0.1) is 0 Å². The van der Waals surface area contributed by atoms with E-state index in [1.165, 1.54) is 0 Å². The van der Waals surface area contributed by atoms with E-state index in [2.05, 4.69) is 22.1 Å². The third-order valence-electron chi connectivity index (χ3n) is 5.25. The lowest BCUT2D eigenvalue weighted by atomic mass is 10.0. The van der Waals surface area contributed by atoms with Crippen LogP contribution in [-0.2, 0) is 9.59 Å². The van der Waals surface area contributed by atoms with Gasteiger partial charge in [-0.25, -0.2) is 0 Å². The van der Waals surface area contributed by atoms with Gasteiger partial charge in [0.1, 0.15) is 6.04 Å². The van der Waals surface area contributed by atoms with E-state index in [1.807, 2.05) is 36.9 Å². The topological polar surface area (TPSA) is 88.7 Å². The fraction of sp³-hybridized carbons (Fsp3) is 0.500. The molecule has 1 aliphatic rings. The van der Waals surface area contributed by atoms with E-state index in [0.29, 0.717) is 5.69 Å². The first-order chi connectivity index (χ1) is 12.9. The lowest BCUT2D eigenvalue weighted by molar-refractivity contribution is -0.144. The fourth-order valence-corrected chi connectivity index (χ4v) is 3.56. The summed E-state index contributed by atoms with van der Waals surface area (Å²) in [4.78, 5) is 31.5. The number of carboxylic acid groups (broad SMARTS) is 1. The third kappa shape index (κ3) is 4.14. The zero-order valence-electron chi connectivity index (χ0n) is 16.2. The Morgan fingerprint density at radius 2 is 1.93 bits per heavy atom. The van der Waals surface area contributed by atoms with Crippen molar-refractivity contribution in [1.82, 2.24) is 14.8 Å². The number of carboxylic acids is 1. The molecule has 7 heteroatoms. The lowest BCUT2D eigenvalue weighted by Gasteiger charge is -2.37. The van der Waals surface area contributed by atoms with Crippen LogP contribution < -0.4 is 5.32 Å². The lowest BCUT2D eigenvalue weighted by Crippen LogP contribution is -2.49. The Balaban J connectivity index is 1.86. The van der Waals surface area contributed by atoms with Crippen molar-refractivity contribution < 1.29 is 14.7 Å². The summed E-state index contributed by atoms with van der Waals surface area (Å²) in [5.41, 5.74) is 2.30. The van der Waals surface area contributed by atoms with E-state index < -0.39 is 12.0 Å². The number of carbonyl (C=O) groups is 2. The largest absolute Gasteiger partial charge is 0.480 e. The standard InChI is InChI=1S/C20H28N4O3/c1-4-23-7-9-24(10-8-23)18(20(26)27)16-12-21-17-11-14(5-6-15(16)17)22-19(25)13(2)3/h5-6,11-13,18,21H,4,7-10H2,1-3H3,(H,22,25)(H,26,27). The first kappa shape index (κ1) is 19.4. The number of fused-ring (bicyclic) bond motifs is 1. The number of likely N-dealkylation sites (N-methyl/N-ethyl adjacent to an activating group) is 1. The second kappa shape index (κ2) is 8.10. The number of H-pyrrole nitrogens is 1. The van der Waals surface area contributed by atoms with E-state index in [-0.39, 0.29) is 11.8 Å². The minimum absolute atomic E-state index is 0.0432. The van der Waals surface area contributed by atoms with Crippen molar-refractivity contribution in [3.8, 4) is 0 Å². The second-order valence-electron chi connectivity index (χ2n) is 7.36.